The van der Waals surface area contributed by atoms with E-state index in [4.69, 9.17) is 0 Å². The first-order chi connectivity index (χ1) is 14.2. The Labute approximate surface area is 183 Å². The third-order valence-corrected chi connectivity index (χ3v) is 6.35. The molecule has 0 saturated heterocycles. The van der Waals surface area contributed by atoms with Crippen LogP contribution in [0, 0.1) is 0 Å². The maximum Gasteiger partial charge on any atom is 0.256 e. The van der Waals surface area contributed by atoms with Gasteiger partial charge in [0.1, 0.15) is 12.4 Å². The molecule has 0 aliphatic rings. The lowest BCUT2D eigenvalue weighted by atomic mass is 10.1. The van der Waals surface area contributed by atoms with E-state index in [-0.39, 0.29) is 0 Å². The molecular formula is C27H53N2+. The molecule has 0 radical (unpaired) electrons. The molecule has 0 fully saturated rings. The lowest BCUT2D eigenvalue weighted by Crippen LogP contribution is -2.37. The van der Waals surface area contributed by atoms with Crippen molar-refractivity contribution >= 4 is 0 Å². The first-order valence-corrected chi connectivity index (χ1v) is 13.3. The van der Waals surface area contributed by atoms with Crippen LogP contribution in [-0.2, 0) is 13.0 Å². The van der Waals surface area contributed by atoms with E-state index in [2.05, 4.69) is 49.2 Å². The lowest BCUT2D eigenvalue weighted by molar-refractivity contribution is -0.704. The van der Waals surface area contributed by atoms with Gasteiger partial charge in [0.25, 0.3) is 5.82 Å². The highest BCUT2D eigenvalue weighted by Gasteiger charge is 2.18. The quantitative estimate of drug-likeness (QED) is 0.152. The molecule has 0 saturated carbocycles. The largest absolute Gasteiger partial charge is 0.256 e. The van der Waals surface area contributed by atoms with Crippen molar-refractivity contribution in [3.63, 3.8) is 0 Å². The SMILES string of the molecule is CCCCCCCCCCCCCC[n+]1ccn(C(C)C)c1CCCCCCC. The summed E-state index contributed by atoms with van der Waals surface area (Å²) in [7, 11) is 0. The molecular weight excluding hydrogens is 352 g/mol. The van der Waals surface area contributed by atoms with Gasteiger partial charge in [-0.1, -0.05) is 104 Å². The number of hydrogen-bond acceptors (Lipinski definition) is 0. The molecule has 2 heteroatoms. The van der Waals surface area contributed by atoms with E-state index in [1.54, 1.807) is 5.82 Å². The Morgan fingerprint density at radius 2 is 1.10 bits per heavy atom. The number of rotatable bonds is 20. The Balaban J connectivity index is 2.16. The highest BCUT2D eigenvalue weighted by Crippen LogP contribution is 2.14. The Morgan fingerprint density at radius 1 is 0.655 bits per heavy atom. The summed E-state index contributed by atoms with van der Waals surface area (Å²) in [5, 5.41) is 0. The Morgan fingerprint density at radius 3 is 1.59 bits per heavy atom. The Bertz CT molecular complexity index is 475. The summed E-state index contributed by atoms with van der Waals surface area (Å²) in [5.74, 6) is 1.56. The number of unbranched alkanes of at least 4 members (excludes halogenated alkanes) is 15. The van der Waals surface area contributed by atoms with E-state index in [9.17, 15) is 0 Å². The fourth-order valence-electron chi connectivity index (χ4n) is 4.43. The predicted molar refractivity (Wildman–Crippen MR) is 129 cm³/mol. The maximum atomic E-state index is 2.55. The molecule has 170 valence electrons. The summed E-state index contributed by atoms with van der Waals surface area (Å²) in [6, 6.07) is 0.573. The lowest BCUT2D eigenvalue weighted by Gasteiger charge is -2.08. The summed E-state index contributed by atoms with van der Waals surface area (Å²) in [6.07, 6.45) is 29.9. The molecule has 0 aliphatic heterocycles. The third kappa shape index (κ3) is 12.5. The van der Waals surface area contributed by atoms with E-state index in [0.717, 1.165) is 0 Å². The highest BCUT2D eigenvalue weighted by atomic mass is 15.2. The van der Waals surface area contributed by atoms with Crippen LogP contribution in [0.3, 0.4) is 0 Å². The number of hydrogen-bond donors (Lipinski definition) is 0. The number of nitrogens with zero attached hydrogens (tertiary/aromatic N) is 2. The third-order valence-electron chi connectivity index (χ3n) is 6.35. The molecule has 0 amide bonds. The van der Waals surface area contributed by atoms with Gasteiger partial charge in [-0.15, -0.1) is 0 Å². The molecule has 1 aromatic rings. The van der Waals surface area contributed by atoms with Crippen LogP contribution in [0.15, 0.2) is 12.4 Å². The second kappa shape index (κ2) is 18.0. The molecule has 0 aliphatic carbocycles. The molecule has 0 aromatic carbocycles. The van der Waals surface area contributed by atoms with E-state index in [1.165, 1.54) is 122 Å². The summed E-state index contributed by atoms with van der Waals surface area (Å²) in [6.45, 7) is 10.4. The normalized spacial score (nSPS) is 11.6. The van der Waals surface area contributed by atoms with Crippen molar-refractivity contribution in [2.45, 2.75) is 156 Å². The molecule has 0 bridgehead atoms. The smallest absolute Gasteiger partial charge is 0.234 e. The van der Waals surface area contributed by atoms with Crippen LogP contribution in [0.5, 0.6) is 0 Å². The molecule has 1 rings (SSSR count). The summed E-state index contributed by atoms with van der Waals surface area (Å²) < 4.78 is 5.05. The molecule has 0 unspecified atom stereocenters. The zero-order valence-electron chi connectivity index (χ0n) is 20.6. The number of aromatic nitrogens is 2. The van der Waals surface area contributed by atoms with Gasteiger partial charge >= 0.3 is 0 Å². The van der Waals surface area contributed by atoms with Gasteiger partial charge in [0.2, 0.25) is 0 Å². The van der Waals surface area contributed by atoms with Crippen LogP contribution in [-0.4, -0.2) is 4.57 Å². The van der Waals surface area contributed by atoms with Gasteiger partial charge in [-0.2, -0.15) is 0 Å². The zero-order chi connectivity index (χ0) is 21.2. The average Bonchev–Trinajstić information content (AvgIpc) is 3.11. The highest BCUT2D eigenvalue weighted by molar-refractivity contribution is 4.86. The van der Waals surface area contributed by atoms with Crippen LogP contribution >= 0.6 is 0 Å². The minimum atomic E-state index is 0.573. The van der Waals surface area contributed by atoms with Crippen molar-refractivity contribution in [2.75, 3.05) is 0 Å². The number of imidazole rings is 1. The van der Waals surface area contributed by atoms with Crippen molar-refractivity contribution < 1.29 is 4.57 Å². The average molecular weight is 406 g/mol. The Kier molecular flexibility index (Phi) is 16.3. The fraction of sp³-hybridized carbons (Fsp3) is 0.889. The molecule has 1 heterocycles. The minimum Gasteiger partial charge on any atom is -0.234 e. The molecule has 0 N–H and O–H groups in total. The zero-order valence-corrected chi connectivity index (χ0v) is 20.6. The van der Waals surface area contributed by atoms with Crippen molar-refractivity contribution in [2.24, 2.45) is 0 Å². The van der Waals surface area contributed by atoms with Crippen LogP contribution in [0.25, 0.3) is 0 Å². The first kappa shape index (κ1) is 26.2. The fourth-order valence-corrected chi connectivity index (χ4v) is 4.43. The van der Waals surface area contributed by atoms with E-state index in [1.807, 2.05) is 0 Å². The van der Waals surface area contributed by atoms with Crippen molar-refractivity contribution in [3.05, 3.63) is 18.2 Å². The Hall–Kier alpha value is -0.790. The maximum absolute atomic E-state index is 2.55. The van der Waals surface area contributed by atoms with E-state index < -0.39 is 0 Å². The van der Waals surface area contributed by atoms with Gasteiger partial charge in [0.05, 0.1) is 12.6 Å². The predicted octanol–water partition coefficient (Wildman–Crippen LogP) is 8.57. The van der Waals surface area contributed by atoms with Gasteiger partial charge in [-0.25, -0.2) is 9.13 Å². The molecule has 29 heavy (non-hydrogen) atoms. The van der Waals surface area contributed by atoms with Crippen LogP contribution in [0.2, 0.25) is 0 Å². The second-order valence-electron chi connectivity index (χ2n) is 9.46. The topological polar surface area (TPSA) is 8.81 Å². The monoisotopic (exact) mass is 405 g/mol. The molecule has 1 aromatic heterocycles. The van der Waals surface area contributed by atoms with Crippen LogP contribution in [0.4, 0.5) is 0 Å². The van der Waals surface area contributed by atoms with Gasteiger partial charge in [-0.05, 0) is 33.1 Å². The standard InChI is InChI=1S/C27H53N2/c1-5-7-9-11-12-13-14-15-16-17-19-21-23-28-24-25-29(26(3)4)27(28)22-20-18-10-8-6-2/h24-26H,5-23H2,1-4H3/q+1. The molecule has 2 nitrogen and oxygen atoms in total. The van der Waals surface area contributed by atoms with Crippen molar-refractivity contribution in [1.82, 2.24) is 4.57 Å². The second-order valence-corrected chi connectivity index (χ2v) is 9.46. The van der Waals surface area contributed by atoms with Crippen LogP contribution < -0.4 is 4.57 Å². The van der Waals surface area contributed by atoms with Gasteiger partial charge in [-0.3, -0.25) is 0 Å². The number of aryl methyl sites for hydroxylation is 1. The van der Waals surface area contributed by atoms with Crippen molar-refractivity contribution in [3.8, 4) is 0 Å². The summed E-state index contributed by atoms with van der Waals surface area (Å²) >= 11 is 0. The van der Waals surface area contributed by atoms with Gasteiger partial charge in [0.15, 0.2) is 0 Å². The van der Waals surface area contributed by atoms with E-state index >= 15 is 0 Å². The minimum absolute atomic E-state index is 0.573. The molecule has 0 atom stereocenters. The summed E-state index contributed by atoms with van der Waals surface area (Å²) in [5.41, 5.74) is 0. The van der Waals surface area contributed by atoms with E-state index in [0.29, 0.717) is 6.04 Å². The van der Waals surface area contributed by atoms with Crippen LogP contribution in [0.1, 0.15) is 149 Å². The summed E-state index contributed by atoms with van der Waals surface area (Å²) in [4.78, 5) is 0. The van der Waals surface area contributed by atoms with Crippen molar-refractivity contribution in [1.29, 1.82) is 0 Å². The first-order valence-electron chi connectivity index (χ1n) is 13.3. The molecule has 0 spiro atoms. The van der Waals surface area contributed by atoms with Gasteiger partial charge in [0, 0.05) is 6.42 Å². The van der Waals surface area contributed by atoms with Gasteiger partial charge < -0.3 is 0 Å².